The van der Waals surface area contributed by atoms with Crippen LogP contribution in [0, 0.1) is 17.0 Å². The molecule has 0 aliphatic rings. The zero-order chi connectivity index (χ0) is 16.1. The van der Waals surface area contributed by atoms with Crippen LogP contribution >= 0.6 is 0 Å². The van der Waals surface area contributed by atoms with E-state index in [1.807, 2.05) is 13.1 Å². The highest BCUT2D eigenvalue weighted by Crippen LogP contribution is 2.22. The molecule has 116 valence electrons. The molecule has 0 unspecified atom stereocenters. The van der Waals surface area contributed by atoms with Crippen molar-refractivity contribution in [1.29, 1.82) is 0 Å². The fourth-order valence-corrected chi connectivity index (χ4v) is 2.22. The van der Waals surface area contributed by atoms with E-state index in [-0.39, 0.29) is 11.5 Å². The van der Waals surface area contributed by atoms with Crippen LogP contribution in [-0.2, 0) is 6.42 Å². The van der Waals surface area contributed by atoms with Crippen LogP contribution < -0.4 is 5.32 Å². The van der Waals surface area contributed by atoms with Gasteiger partial charge >= 0.3 is 0 Å². The second kappa shape index (κ2) is 6.84. The van der Waals surface area contributed by atoms with Gasteiger partial charge in [-0.15, -0.1) is 0 Å². The zero-order valence-electron chi connectivity index (χ0n) is 12.5. The number of hydrogen-bond acceptors (Lipinski definition) is 5. The van der Waals surface area contributed by atoms with Crippen molar-refractivity contribution in [2.24, 2.45) is 0 Å². The van der Waals surface area contributed by atoms with E-state index in [1.165, 1.54) is 19.1 Å². The summed E-state index contributed by atoms with van der Waals surface area (Å²) in [7, 11) is 0. The maximum Gasteiger partial charge on any atom is 0.270 e. The highest BCUT2D eigenvalue weighted by molar-refractivity contribution is 6.00. The van der Waals surface area contributed by atoms with E-state index in [9.17, 15) is 14.9 Å². The molecule has 0 amide bonds. The summed E-state index contributed by atoms with van der Waals surface area (Å²) in [4.78, 5) is 21.9. The molecule has 2 rings (SSSR count). The van der Waals surface area contributed by atoms with Crippen LogP contribution in [-0.4, -0.2) is 27.4 Å². The molecule has 1 heterocycles. The molecule has 0 bridgehead atoms. The number of aromatic nitrogens is 2. The molecule has 0 atom stereocenters. The Morgan fingerprint density at radius 3 is 2.82 bits per heavy atom. The lowest BCUT2D eigenvalue weighted by molar-refractivity contribution is -0.384. The first kappa shape index (κ1) is 15.7. The Hall–Kier alpha value is -2.70. The number of rotatable bonds is 7. The van der Waals surface area contributed by atoms with Gasteiger partial charge in [-0.05, 0) is 38.3 Å². The van der Waals surface area contributed by atoms with E-state index in [0.29, 0.717) is 17.8 Å². The zero-order valence-corrected chi connectivity index (χ0v) is 12.5. The lowest BCUT2D eigenvalue weighted by Gasteiger charge is -2.10. The first-order valence-electron chi connectivity index (χ1n) is 7.01. The lowest BCUT2D eigenvalue weighted by Crippen LogP contribution is -2.08. The van der Waals surface area contributed by atoms with Crippen molar-refractivity contribution in [3.63, 3.8) is 0 Å². The van der Waals surface area contributed by atoms with Crippen LogP contribution in [0.3, 0.4) is 0 Å². The molecular formula is C15H18N4O3. The number of anilines is 1. The van der Waals surface area contributed by atoms with Crippen LogP contribution in [0.5, 0.6) is 0 Å². The van der Waals surface area contributed by atoms with E-state index >= 15 is 0 Å². The predicted octanol–water partition coefficient (Wildman–Crippen LogP) is 2.87. The van der Waals surface area contributed by atoms with Crippen LogP contribution in [0.2, 0.25) is 0 Å². The van der Waals surface area contributed by atoms with Gasteiger partial charge in [0.1, 0.15) is 0 Å². The third-order valence-electron chi connectivity index (χ3n) is 3.47. The molecular weight excluding hydrogens is 284 g/mol. The van der Waals surface area contributed by atoms with Crippen LogP contribution in [0.15, 0.2) is 24.4 Å². The molecule has 1 aromatic carbocycles. The highest BCUT2D eigenvalue weighted by Gasteiger charge is 2.13. The summed E-state index contributed by atoms with van der Waals surface area (Å²) in [6, 6.07) is 4.29. The number of nitrogens with one attached hydrogen (secondary N) is 2. The second-order valence-electron chi connectivity index (χ2n) is 5.09. The van der Waals surface area contributed by atoms with Crippen molar-refractivity contribution in [2.45, 2.75) is 26.7 Å². The fourth-order valence-electron chi connectivity index (χ4n) is 2.22. The number of nitrogens with zero attached hydrogens (tertiary/aromatic N) is 2. The maximum absolute atomic E-state index is 11.6. The second-order valence-corrected chi connectivity index (χ2v) is 5.09. The number of aromatic amines is 1. The molecule has 0 aliphatic heterocycles. The van der Waals surface area contributed by atoms with Gasteiger partial charge in [0.2, 0.25) is 0 Å². The summed E-state index contributed by atoms with van der Waals surface area (Å²) in [5.41, 5.74) is 3.11. The Labute approximate surface area is 127 Å². The number of non-ortho nitro benzene ring substituents is 1. The van der Waals surface area contributed by atoms with Crippen LogP contribution in [0.4, 0.5) is 11.4 Å². The molecule has 0 saturated carbocycles. The number of ketones is 1. The molecule has 7 heteroatoms. The number of nitro groups is 1. The first-order valence-corrected chi connectivity index (χ1v) is 7.01. The minimum Gasteiger partial charge on any atom is -0.384 e. The SMILES string of the molecule is CC(=O)c1cc([N+](=O)[O-])ccc1NCCCc1cn[nH]c1C. The Balaban J connectivity index is 1.98. The summed E-state index contributed by atoms with van der Waals surface area (Å²) >= 11 is 0. The van der Waals surface area contributed by atoms with E-state index < -0.39 is 4.92 Å². The number of nitro benzene ring substituents is 1. The van der Waals surface area contributed by atoms with Gasteiger partial charge in [-0.3, -0.25) is 20.0 Å². The molecule has 0 radical (unpaired) electrons. The number of aryl methyl sites for hydroxylation is 2. The molecule has 0 fully saturated rings. The average Bonchev–Trinajstić information content (AvgIpc) is 2.88. The summed E-state index contributed by atoms with van der Waals surface area (Å²) < 4.78 is 0. The number of H-pyrrole nitrogens is 1. The Kier molecular flexibility index (Phi) is 4.88. The van der Waals surface area contributed by atoms with Gasteiger partial charge in [0, 0.05) is 35.6 Å². The van der Waals surface area contributed by atoms with Gasteiger partial charge in [0.25, 0.3) is 5.69 Å². The van der Waals surface area contributed by atoms with E-state index in [4.69, 9.17) is 0 Å². The predicted molar refractivity (Wildman–Crippen MR) is 83.2 cm³/mol. The van der Waals surface area contributed by atoms with Gasteiger partial charge in [0.05, 0.1) is 11.1 Å². The van der Waals surface area contributed by atoms with Crippen molar-refractivity contribution in [3.05, 3.63) is 51.3 Å². The average molecular weight is 302 g/mol. The van der Waals surface area contributed by atoms with E-state index in [0.717, 1.165) is 24.1 Å². The Bertz CT molecular complexity index is 694. The van der Waals surface area contributed by atoms with Crippen LogP contribution in [0.25, 0.3) is 0 Å². The quantitative estimate of drug-likeness (QED) is 0.354. The first-order chi connectivity index (χ1) is 10.5. The number of Topliss-reactive ketones (excluding diaryl/α,β-unsaturated/α-hetero) is 1. The number of carbonyl (C=O) groups is 1. The van der Waals surface area contributed by atoms with Gasteiger partial charge < -0.3 is 5.32 Å². The third-order valence-corrected chi connectivity index (χ3v) is 3.47. The molecule has 7 nitrogen and oxygen atoms in total. The molecule has 0 aliphatic carbocycles. The summed E-state index contributed by atoms with van der Waals surface area (Å²) in [5.74, 6) is -0.197. The standard InChI is InChI=1S/C15H18N4O3/c1-10-12(9-17-18-10)4-3-7-16-15-6-5-13(19(21)22)8-14(15)11(2)20/h5-6,8-9,16H,3-4,7H2,1-2H3,(H,17,18). The monoisotopic (exact) mass is 302 g/mol. The van der Waals surface area contributed by atoms with Gasteiger partial charge in [-0.2, -0.15) is 5.10 Å². The van der Waals surface area contributed by atoms with Gasteiger partial charge in [-0.1, -0.05) is 0 Å². The highest BCUT2D eigenvalue weighted by atomic mass is 16.6. The van der Waals surface area contributed by atoms with Crippen molar-refractivity contribution in [3.8, 4) is 0 Å². The van der Waals surface area contributed by atoms with Gasteiger partial charge in [-0.25, -0.2) is 0 Å². The molecule has 22 heavy (non-hydrogen) atoms. The molecule has 0 spiro atoms. The minimum absolute atomic E-state index is 0.0789. The molecule has 2 N–H and O–H groups in total. The Morgan fingerprint density at radius 2 is 2.23 bits per heavy atom. The summed E-state index contributed by atoms with van der Waals surface area (Å²) in [6.45, 7) is 4.04. The summed E-state index contributed by atoms with van der Waals surface area (Å²) in [5, 5.41) is 20.8. The third kappa shape index (κ3) is 3.69. The largest absolute Gasteiger partial charge is 0.384 e. The lowest BCUT2D eigenvalue weighted by atomic mass is 10.1. The molecule has 1 aromatic heterocycles. The maximum atomic E-state index is 11.6. The summed E-state index contributed by atoms with van der Waals surface area (Å²) in [6.07, 6.45) is 3.55. The number of hydrogen-bond donors (Lipinski definition) is 2. The van der Waals surface area contributed by atoms with Crippen molar-refractivity contribution >= 4 is 17.2 Å². The van der Waals surface area contributed by atoms with Gasteiger partial charge in [0.15, 0.2) is 5.78 Å². The Morgan fingerprint density at radius 1 is 1.45 bits per heavy atom. The smallest absolute Gasteiger partial charge is 0.270 e. The molecule has 0 saturated heterocycles. The minimum atomic E-state index is -0.502. The van der Waals surface area contributed by atoms with Crippen molar-refractivity contribution in [1.82, 2.24) is 10.2 Å². The van der Waals surface area contributed by atoms with Crippen molar-refractivity contribution in [2.75, 3.05) is 11.9 Å². The number of carbonyl (C=O) groups excluding carboxylic acids is 1. The van der Waals surface area contributed by atoms with E-state index in [1.54, 1.807) is 6.07 Å². The normalized spacial score (nSPS) is 10.5. The van der Waals surface area contributed by atoms with Crippen LogP contribution in [0.1, 0.15) is 35.0 Å². The fraction of sp³-hybridized carbons (Fsp3) is 0.333. The number of benzene rings is 1. The van der Waals surface area contributed by atoms with E-state index in [2.05, 4.69) is 15.5 Å². The molecule has 2 aromatic rings. The van der Waals surface area contributed by atoms with Crippen molar-refractivity contribution < 1.29 is 9.72 Å². The topological polar surface area (TPSA) is 101 Å².